The number of carbonyl (C=O) groups is 1. The van der Waals surface area contributed by atoms with Gasteiger partial charge in [-0.3, -0.25) is 18.9 Å². The maximum absolute atomic E-state index is 13.5. The smallest absolute Gasteiger partial charge is 0.267 e. The minimum atomic E-state index is -0.204. The number of anilines is 1. The maximum Gasteiger partial charge on any atom is 0.267 e. The summed E-state index contributed by atoms with van der Waals surface area (Å²) in [5, 5.41) is 0. The Balaban J connectivity index is 2.18. The van der Waals surface area contributed by atoms with Crippen LogP contribution in [0.4, 0.5) is 5.82 Å². The molecule has 0 aromatic carbocycles. The largest absolute Gasteiger partial charge is 0.383 e. The Morgan fingerprint density at radius 1 is 1.26 bits per heavy atom. The number of aromatic nitrogens is 2. The van der Waals surface area contributed by atoms with Crippen LogP contribution in [0.3, 0.4) is 0 Å². The van der Waals surface area contributed by atoms with Crippen molar-refractivity contribution in [2.45, 2.75) is 33.6 Å². The number of thioether (sulfide) groups is 1. The maximum atomic E-state index is 13.5. The third kappa shape index (κ3) is 4.83. The van der Waals surface area contributed by atoms with E-state index in [1.54, 1.807) is 23.8 Å². The van der Waals surface area contributed by atoms with E-state index in [2.05, 4.69) is 18.7 Å². The van der Waals surface area contributed by atoms with Gasteiger partial charge in [-0.2, -0.15) is 0 Å². The van der Waals surface area contributed by atoms with Crippen LogP contribution in [0.25, 0.3) is 11.7 Å². The molecule has 1 saturated heterocycles. The number of fused-ring (bicyclic) bond motifs is 1. The van der Waals surface area contributed by atoms with Gasteiger partial charge < -0.3 is 9.64 Å². The van der Waals surface area contributed by atoms with Crippen molar-refractivity contribution in [3.8, 4) is 0 Å². The lowest BCUT2D eigenvalue weighted by molar-refractivity contribution is -0.122. The minimum Gasteiger partial charge on any atom is -0.383 e. The quantitative estimate of drug-likeness (QED) is 0.419. The Labute approximate surface area is 192 Å². The van der Waals surface area contributed by atoms with Crippen LogP contribution >= 0.6 is 24.0 Å². The monoisotopic (exact) mass is 460 g/mol. The van der Waals surface area contributed by atoms with Crippen LogP contribution in [0.1, 0.15) is 37.8 Å². The summed E-state index contributed by atoms with van der Waals surface area (Å²) < 4.78 is 7.10. The van der Waals surface area contributed by atoms with E-state index in [1.165, 1.54) is 16.7 Å². The van der Waals surface area contributed by atoms with Gasteiger partial charge in [0.25, 0.3) is 11.5 Å². The molecule has 3 rings (SSSR count). The number of nitrogens with zero attached hydrogens (tertiary/aromatic N) is 4. The molecule has 3 heterocycles. The van der Waals surface area contributed by atoms with Gasteiger partial charge in [0.05, 0.1) is 23.6 Å². The van der Waals surface area contributed by atoms with Crippen molar-refractivity contribution in [1.82, 2.24) is 14.3 Å². The van der Waals surface area contributed by atoms with Crippen LogP contribution in [-0.4, -0.2) is 57.9 Å². The van der Waals surface area contributed by atoms with Crippen LogP contribution in [0, 0.1) is 6.92 Å². The van der Waals surface area contributed by atoms with Crippen LogP contribution in [-0.2, 0) is 9.53 Å². The number of ether oxygens (including phenoxy) is 1. The third-order valence-corrected chi connectivity index (χ3v) is 6.40. The Bertz CT molecular complexity index is 1070. The molecule has 166 valence electrons. The zero-order valence-corrected chi connectivity index (χ0v) is 20.0. The van der Waals surface area contributed by atoms with E-state index in [1.807, 2.05) is 19.1 Å². The van der Waals surface area contributed by atoms with Crippen molar-refractivity contribution < 1.29 is 9.53 Å². The summed E-state index contributed by atoms with van der Waals surface area (Å²) in [7, 11) is 1.58. The van der Waals surface area contributed by atoms with Crippen molar-refractivity contribution >= 4 is 51.7 Å². The lowest BCUT2D eigenvalue weighted by Gasteiger charge is -2.25. The van der Waals surface area contributed by atoms with Gasteiger partial charge in [0.1, 0.15) is 15.8 Å². The van der Waals surface area contributed by atoms with Gasteiger partial charge in [0.2, 0.25) is 0 Å². The fourth-order valence-corrected chi connectivity index (χ4v) is 4.83. The summed E-state index contributed by atoms with van der Waals surface area (Å²) in [6.45, 7) is 8.47. The van der Waals surface area contributed by atoms with E-state index in [9.17, 15) is 9.59 Å². The fourth-order valence-electron chi connectivity index (χ4n) is 3.54. The normalized spacial score (nSPS) is 15.5. The molecule has 1 fully saturated rings. The number of amides is 1. The van der Waals surface area contributed by atoms with Crippen LogP contribution in [0.2, 0.25) is 0 Å². The second kappa shape index (κ2) is 10.4. The molecule has 0 bridgehead atoms. The van der Waals surface area contributed by atoms with Gasteiger partial charge >= 0.3 is 0 Å². The van der Waals surface area contributed by atoms with E-state index in [4.69, 9.17) is 21.9 Å². The van der Waals surface area contributed by atoms with Crippen LogP contribution in [0.5, 0.6) is 0 Å². The zero-order chi connectivity index (χ0) is 22.5. The molecule has 0 unspecified atom stereocenters. The molecular formula is C22H28N4O3S2. The van der Waals surface area contributed by atoms with Crippen molar-refractivity contribution in [2.75, 3.05) is 38.3 Å². The first-order chi connectivity index (χ1) is 14.9. The second-order valence-electron chi connectivity index (χ2n) is 7.35. The number of hydrogen-bond donors (Lipinski definition) is 0. The fraction of sp³-hybridized carbons (Fsp3) is 0.455. The highest BCUT2D eigenvalue weighted by molar-refractivity contribution is 8.26. The lowest BCUT2D eigenvalue weighted by Crippen LogP contribution is -2.32. The lowest BCUT2D eigenvalue weighted by atomic mass is 10.2. The first-order valence-electron chi connectivity index (χ1n) is 10.4. The van der Waals surface area contributed by atoms with E-state index < -0.39 is 0 Å². The molecule has 0 radical (unpaired) electrons. The van der Waals surface area contributed by atoms with E-state index in [-0.39, 0.29) is 11.5 Å². The molecule has 31 heavy (non-hydrogen) atoms. The van der Waals surface area contributed by atoms with Gasteiger partial charge in [0, 0.05) is 26.4 Å². The number of hydrogen-bond acceptors (Lipinski definition) is 7. The predicted octanol–water partition coefficient (Wildman–Crippen LogP) is 3.48. The molecule has 0 aliphatic carbocycles. The molecule has 7 nitrogen and oxygen atoms in total. The van der Waals surface area contributed by atoms with Crippen LogP contribution < -0.4 is 10.5 Å². The van der Waals surface area contributed by atoms with Gasteiger partial charge in [-0.15, -0.1) is 0 Å². The van der Waals surface area contributed by atoms with Crippen LogP contribution in [0.15, 0.2) is 28.0 Å². The highest BCUT2D eigenvalue weighted by Gasteiger charge is 2.32. The summed E-state index contributed by atoms with van der Waals surface area (Å²) in [5.74, 6) is 0.412. The molecule has 0 saturated carbocycles. The number of thiocarbonyl (C=S) groups is 1. The average Bonchev–Trinajstić information content (AvgIpc) is 3.01. The Hall–Kier alpha value is -2.23. The summed E-state index contributed by atoms with van der Waals surface area (Å²) in [4.78, 5) is 35.4. The molecule has 1 aliphatic heterocycles. The van der Waals surface area contributed by atoms with Gasteiger partial charge in [0.15, 0.2) is 0 Å². The summed E-state index contributed by atoms with van der Waals surface area (Å²) in [5.41, 5.74) is 1.77. The van der Waals surface area contributed by atoms with Crippen molar-refractivity contribution in [1.29, 1.82) is 0 Å². The van der Waals surface area contributed by atoms with Gasteiger partial charge in [-0.1, -0.05) is 43.9 Å². The molecular weight excluding hydrogens is 432 g/mol. The highest BCUT2D eigenvalue weighted by Crippen LogP contribution is 2.33. The van der Waals surface area contributed by atoms with Crippen molar-refractivity contribution in [2.24, 2.45) is 0 Å². The molecule has 2 aromatic rings. The number of carbonyl (C=O) groups excluding carboxylic acids is 1. The zero-order valence-electron chi connectivity index (χ0n) is 18.4. The Morgan fingerprint density at radius 2 is 1.97 bits per heavy atom. The first-order valence-corrected chi connectivity index (χ1v) is 11.7. The third-order valence-electron chi connectivity index (χ3n) is 5.02. The highest BCUT2D eigenvalue weighted by atomic mass is 32.2. The number of rotatable bonds is 9. The number of aryl methyl sites for hydroxylation is 1. The predicted molar refractivity (Wildman–Crippen MR) is 131 cm³/mol. The van der Waals surface area contributed by atoms with E-state index >= 15 is 0 Å². The summed E-state index contributed by atoms with van der Waals surface area (Å²) >= 11 is 6.59. The van der Waals surface area contributed by atoms with Gasteiger partial charge in [-0.25, -0.2) is 4.98 Å². The topological polar surface area (TPSA) is 67.2 Å². The molecule has 9 heteroatoms. The van der Waals surface area contributed by atoms with Crippen molar-refractivity contribution in [3.05, 3.63) is 44.7 Å². The SMILES string of the molecule is CCCN(CCC)c1nc2c(C)cccn2c(=O)c1C=C1SC(=S)N(CCOC)C1=O. The van der Waals surface area contributed by atoms with Gasteiger partial charge in [-0.05, 0) is 37.5 Å². The minimum absolute atomic E-state index is 0.192. The standard InChI is InChI=1S/C22H28N4O3S2/c1-5-9-24(10-6-2)19-16(20(27)25-11-7-8-15(3)18(25)23-19)14-17-21(28)26(12-13-29-4)22(30)31-17/h7-8,11,14H,5-6,9-10,12-13H2,1-4H3. The summed E-state index contributed by atoms with van der Waals surface area (Å²) in [6, 6.07) is 3.77. The second-order valence-corrected chi connectivity index (χ2v) is 9.03. The molecule has 1 amide bonds. The Kier molecular flexibility index (Phi) is 7.85. The van der Waals surface area contributed by atoms with E-state index in [0.717, 1.165) is 31.5 Å². The number of pyridine rings is 1. The van der Waals surface area contributed by atoms with Crippen molar-refractivity contribution in [3.63, 3.8) is 0 Å². The molecule has 0 N–H and O–H groups in total. The number of methoxy groups -OCH3 is 1. The Morgan fingerprint density at radius 3 is 2.61 bits per heavy atom. The summed E-state index contributed by atoms with van der Waals surface area (Å²) in [6.07, 6.45) is 5.22. The average molecular weight is 461 g/mol. The molecule has 2 aromatic heterocycles. The molecule has 1 aliphatic rings. The first kappa shape index (κ1) is 23.4. The molecule has 0 spiro atoms. The van der Waals surface area contributed by atoms with E-state index in [0.29, 0.717) is 39.4 Å². The molecule has 0 atom stereocenters.